The molecule has 0 aliphatic heterocycles. The minimum absolute atomic E-state index is 0.155. The van der Waals surface area contributed by atoms with E-state index in [0.29, 0.717) is 5.56 Å². The molecule has 0 heterocycles. The lowest BCUT2D eigenvalue weighted by atomic mass is 9.96. The number of aryl methyl sites for hydroxylation is 2. The zero-order valence-corrected chi connectivity index (χ0v) is 12.5. The minimum atomic E-state index is -0.155. The van der Waals surface area contributed by atoms with Gasteiger partial charge >= 0.3 is 0 Å². The Morgan fingerprint density at radius 1 is 0.950 bits per heavy atom. The molecule has 2 heteroatoms. The Hall–Kier alpha value is -1.67. The quantitative estimate of drug-likeness (QED) is 0.783. The lowest BCUT2D eigenvalue weighted by Gasteiger charge is -2.13. The van der Waals surface area contributed by atoms with E-state index in [0.717, 1.165) is 41.8 Å². The molecule has 0 aliphatic rings. The van der Waals surface area contributed by atoms with Crippen LogP contribution in [0, 0.1) is 19.7 Å². The van der Waals surface area contributed by atoms with Gasteiger partial charge in [-0.1, -0.05) is 42.3 Å². The van der Waals surface area contributed by atoms with Crippen LogP contribution in [0.3, 0.4) is 0 Å². The highest BCUT2D eigenvalue weighted by atomic mass is 19.1. The van der Waals surface area contributed by atoms with Gasteiger partial charge in [-0.15, -0.1) is 0 Å². The third-order valence-electron chi connectivity index (χ3n) is 3.42. The molecule has 1 nitrogen and oxygen atoms in total. The molecule has 0 unspecified atom stereocenters. The van der Waals surface area contributed by atoms with Crippen molar-refractivity contribution in [2.24, 2.45) is 0 Å². The normalized spacial score (nSPS) is 10.8. The smallest absolute Gasteiger partial charge is 0.131 e. The van der Waals surface area contributed by atoms with Crippen molar-refractivity contribution in [1.82, 2.24) is 5.32 Å². The van der Waals surface area contributed by atoms with Crippen LogP contribution in [-0.2, 0) is 6.54 Å². The van der Waals surface area contributed by atoms with E-state index in [1.807, 2.05) is 26.0 Å². The van der Waals surface area contributed by atoms with Gasteiger partial charge in [-0.2, -0.15) is 0 Å². The standard InChI is InChI=1S/C18H22FN/c1-4-9-20-12-15-7-5-13(2)10-16(15)17-11-14(3)6-8-18(17)19/h5-8,10-11,20H,4,9,12H2,1-3H3. The topological polar surface area (TPSA) is 12.0 Å². The zero-order chi connectivity index (χ0) is 14.5. The van der Waals surface area contributed by atoms with Crippen molar-refractivity contribution in [1.29, 1.82) is 0 Å². The first kappa shape index (κ1) is 14.7. The Bertz CT molecular complexity index is 590. The average molecular weight is 271 g/mol. The van der Waals surface area contributed by atoms with Crippen LogP contribution in [0.15, 0.2) is 36.4 Å². The summed E-state index contributed by atoms with van der Waals surface area (Å²) in [5.41, 5.74) is 5.07. The van der Waals surface area contributed by atoms with E-state index in [1.54, 1.807) is 6.07 Å². The number of benzene rings is 2. The second-order valence-corrected chi connectivity index (χ2v) is 5.32. The van der Waals surface area contributed by atoms with Crippen LogP contribution in [-0.4, -0.2) is 6.54 Å². The molecular weight excluding hydrogens is 249 g/mol. The lowest BCUT2D eigenvalue weighted by Crippen LogP contribution is -2.14. The fourth-order valence-electron chi connectivity index (χ4n) is 2.34. The van der Waals surface area contributed by atoms with Crippen molar-refractivity contribution in [2.75, 3.05) is 6.54 Å². The van der Waals surface area contributed by atoms with Crippen LogP contribution >= 0.6 is 0 Å². The molecule has 0 bridgehead atoms. The van der Waals surface area contributed by atoms with Crippen molar-refractivity contribution >= 4 is 0 Å². The molecule has 1 N–H and O–H groups in total. The first-order valence-electron chi connectivity index (χ1n) is 7.18. The van der Waals surface area contributed by atoms with Gasteiger partial charge in [0.25, 0.3) is 0 Å². The third kappa shape index (κ3) is 3.45. The molecule has 0 saturated carbocycles. The van der Waals surface area contributed by atoms with Crippen LogP contribution in [0.4, 0.5) is 4.39 Å². The van der Waals surface area contributed by atoms with Gasteiger partial charge in [0.05, 0.1) is 0 Å². The van der Waals surface area contributed by atoms with E-state index in [9.17, 15) is 4.39 Å². The molecular formula is C18H22FN. The van der Waals surface area contributed by atoms with Gasteiger partial charge < -0.3 is 5.32 Å². The van der Waals surface area contributed by atoms with Crippen molar-refractivity contribution < 1.29 is 4.39 Å². The molecule has 0 amide bonds. The summed E-state index contributed by atoms with van der Waals surface area (Å²) in [4.78, 5) is 0. The van der Waals surface area contributed by atoms with Crippen LogP contribution in [0.25, 0.3) is 11.1 Å². The van der Waals surface area contributed by atoms with E-state index >= 15 is 0 Å². The molecule has 0 aromatic heterocycles. The molecule has 2 aromatic rings. The number of hydrogen-bond donors (Lipinski definition) is 1. The monoisotopic (exact) mass is 271 g/mol. The van der Waals surface area contributed by atoms with E-state index in [-0.39, 0.29) is 5.82 Å². The lowest BCUT2D eigenvalue weighted by molar-refractivity contribution is 0.630. The minimum Gasteiger partial charge on any atom is -0.313 e. The van der Waals surface area contributed by atoms with Gasteiger partial charge in [0.15, 0.2) is 0 Å². The van der Waals surface area contributed by atoms with Crippen LogP contribution in [0.1, 0.15) is 30.0 Å². The number of halogens is 1. The second kappa shape index (κ2) is 6.67. The maximum absolute atomic E-state index is 14.1. The molecule has 20 heavy (non-hydrogen) atoms. The fourth-order valence-corrected chi connectivity index (χ4v) is 2.34. The summed E-state index contributed by atoms with van der Waals surface area (Å²) in [6, 6.07) is 11.5. The van der Waals surface area contributed by atoms with E-state index in [4.69, 9.17) is 0 Å². The maximum atomic E-state index is 14.1. The Labute approximate surface area is 120 Å². The Morgan fingerprint density at radius 3 is 2.30 bits per heavy atom. The summed E-state index contributed by atoms with van der Waals surface area (Å²) < 4.78 is 14.1. The van der Waals surface area contributed by atoms with Gasteiger partial charge in [0, 0.05) is 12.1 Å². The fraction of sp³-hybridized carbons (Fsp3) is 0.333. The van der Waals surface area contributed by atoms with Crippen molar-refractivity contribution in [3.63, 3.8) is 0 Å². The summed E-state index contributed by atoms with van der Waals surface area (Å²) >= 11 is 0. The van der Waals surface area contributed by atoms with Crippen molar-refractivity contribution in [3.05, 3.63) is 58.9 Å². The molecule has 106 valence electrons. The highest BCUT2D eigenvalue weighted by molar-refractivity contribution is 5.69. The number of rotatable bonds is 5. The molecule has 0 fully saturated rings. The highest BCUT2D eigenvalue weighted by Gasteiger charge is 2.10. The first-order valence-corrected chi connectivity index (χ1v) is 7.18. The van der Waals surface area contributed by atoms with E-state index in [2.05, 4.69) is 30.4 Å². The van der Waals surface area contributed by atoms with E-state index in [1.165, 1.54) is 0 Å². The van der Waals surface area contributed by atoms with Gasteiger partial charge in [0.2, 0.25) is 0 Å². The largest absolute Gasteiger partial charge is 0.313 e. The van der Waals surface area contributed by atoms with Crippen molar-refractivity contribution in [2.45, 2.75) is 33.7 Å². The summed E-state index contributed by atoms with van der Waals surface area (Å²) in [6.45, 7) is 7.93. The van der Waals surface area contributed by atoms with Gasteiger partial charge in [-0.05, 0) is 50.1 Å². The predicted molar refractivity (Wildman–Crippen MR) is 83.3 cm³/mol. The molecule has 0 spiro atoms. The molecule has 0 atom stereocenters. The van der Waals surface area contributed by atoms with Crippen LogP contribution < -0.4 is 5.32 Å². The van der Waals surface area contributed by atoms with Gasteiger partial charge in [-0.25, -0.2) is 4.39 Å². The molecule has 0 saturated heterocycles. The van der Waals surface area contributed by atoms with Gasteiger partial charge in [0.1, 0.15) is 5.82 Å². The molecule has 0 radical (unpaired) electrons. The Morgan fingerprint density at radius 2 is 1.60 bits per heavy atom. The zero-order valence-electron chi connectivity index (χ0n) is 12.5. The third-order valence-corrected chi connectivity index (χ3v) is 3.42. The van der Waals surface area contributed by atoms with E-state index < -0.39 is 0 Å². The summed E-state index contributed by atoms with van der Waals surface area (Å²) in [6.07, 6.45) is 1.10. The second-order valence-electron chi connectivity index (χ2n) is 5.32. The van der Waals surface area contributed by atoms with Gasteiger partial charge in [-0.3, -0.25) is 0 Å². The highest BCUT2D eigenvalue weighted by Crippen LogP contribution is 2.28. The van der Waals surface area contributed by atoms with Crippen LogP contribution in [0.2, 0.25) is 0 Å². The first-order chi connectivity index (χ1) is 9.61. The Balaban J connectivity index is 2.42. The summed E-state index contributed by atoms with van der Waals surface area (Å²) in [7, 11) is 0. The number of nitrogens with one attached hydrogen (secondary N) is 1. The molecule has 2 rings (SSSR count). The molecule has 0 aliphatic carbocycles. The van der Waals surface area contributed by atoms with Crippen LogP contribution in [0.5, 0.6) is 0 Å². The maximum Gasteiger partial charge on any atom is 0.131 e. The Kier molecular flexibility index (Phi) is 4.91. The van der Waals surface area contributed by atoms with Crippen molar-refractivity contribution in [3.8, 4) is 11.1 Å². The molecule has 2 aromatic carbocycles. The summed E-state index contributed by atoms with van der Waals surface area (Å²) in [5.74, 6) is -0.155. The average Bonchev–Trinajstić information content (AvgIpc) is 2.43. The summed E-state index contributed by atoms with van der Waals surface area (Å²) in [5, 5.41) is 3.39. The SMILES string of the molecule is CCCNCc1ccc(C)cc1-c1cc(C)ccc1F. The predicted octanol–water partition coefficient (Wildman–Crippen LogP) is 4.61. The number of hydrogen-bond acceptors (Lipinski definition) is 1.